The highest BCUT2D eigenvalue weighted by atomic mass is 32.2. The van der Waals surface area contributed by atoms with Gasteiger partial charge in [0.05, 0.1) is 10.1 Å². The van der Waals surface area contributed by atoms with Crippen LogP contribution in [0.3, 0.4) is 0 Å². The van der Waals surface area contributed by atoms with Crippen molar-refractivity contribution in [3.8, 4) is 22.6 Å². The van der Waals surface area contributed by atoms with Crippen molar-refractivity contribution in [1.29, 1.82) is 0 Å². The van der Waals surface area contributed by atoms with E-state index in [0.717, 1.165) is 58.9 Å². The maximum absolute atomic E-state index is 14.9. The van der Waals surface area contributed by atoms with E-state index in [9.17, 15) is 13.9 Å². The molecule has 0 bridgehead atoms. The van der Waals surface area contributed by atoms with E-state index in [1.54, 1.807) is 12.1 Å². The molecule has 2 heterocycles. The van der Waals surface area contributed by atoms with Crippen LogP contribution in [-0.4, -0.2) is 36.2 Å². The van der Waals surface area contributed by atoms with Gasteiger partial charge in [-0.2, -0.15) is 0 Å². The summed E-state index contributed by atoms with van der Waals surface area (Å²) >= 11 is 1.40. The minimum Gasteiger partial charge on any atom is -0.508 e. The molecule has 184 valence electrons. The molecule has 1 N–H and O–H groups in total. The quantitative estimate of drug-likeness (QED) is 0.305. The second kappa shape index (κ2) is 9.75. The topological polar surface area (TPSA) is 32.7 Å². The lowest BCUT2D eigenvalue weighted by molar-refractivity contribution is 0.183. The van der Waals surface area contributed by atoms with Gasteiger partial charge < -0.3 is 9.84 Å². The molecule has 3 nitrogen and oxygen atoms in total. The number of aromatic hydroxyl groups is 1. The summed E-state index contributed by atoms with van der Waals surface area (Å²) in [6.45, 7) is 3.88. The minimum absolute atomic E-state index is 0.186. The molecule has 2 aliphatic rings. The van der Waals surface area contributed by atoms with Gasteiger partial charge in [-0.1, -0.05) is 36.8 Å². The standard InChI is InChI=1S/C30H27F2NO2S/c31-21-17-26-25-10-6-20-16-22(34)7-11-24(20)28(25)29(36-30(26)27(32)18-21)19-4-8-23(9-5-19)35-15-14-33-12-2-1-3-13-33/h4-11,16-18,29,34H,1-3,12-15H2. The highest BCUT2D eigenvalue weighted by molar-refractivity contribution is 8.00. The fourth-order valence-electron chi connectivity index (χ4n) is 5.36. The number of fused-ring (bicyclic) bond motifs is 5. The molecule has 0 spiro atoms. The van der Waals surface area contributed by atoms with Crippen LogP contribution < -0.4 is 4.74 Å². The van der Waals surface area contributed by atoms with E-state index < -0.39 is 11.6 Å². The number of phenols is 1. The van der Waals surface area contributed by atoms with Crippen molar-refractivity contribution in [2.45, 2.75) is 29.4 Å². The minimum atomic E-state index is -0.590. The van der Waals surface area contributed by atoms with Crippen molar-refractivity contribution >= 4 is 22.5 Å². The lowest BCUT2D eigenvalue weighted by atomic mass is 9.89. The van der Waals surface area contributed by atoms with E-state index in [4.69, 9.17) is 4.74 Å². The molecule has 0 amide bonds. The number of rotatable bonds is 5. The summed E-state index contributed by atoms with van der Waals surface area (Å²) in [6.07, 6.45) is 3.85. The molecule has 2 aliphatic heterocycles. The van der Waals surface area contributed by atoms with Gasteiger partial charge in [0.2, 0.25) is 0 Å². The molecule has 1 fully saturated rings. The number of piperidine rings is 1. The Hall–Kier alpha value is -3.09. The molecular formula is C30H27F2NO2S. The number of benzene rings is 4. The zero-order chi connectivity index (χ0) is 24.6. The average molecular weight is 504 g/mol. The number of halogens is 2. The zero-order valence-corrected chi connectivity index (χ0v) is 20.7. The third kappa shape index (κ3) is 4.44. The fourth-order valence-corrected chi connectivity index (χ4v) is 6.73. The summed E-state index contributed by atoms with van der Waals surface area (Å²) in [5.74, 6) is -0.137. The first kappa shape index (κ1) is 23.3. The highest BCUT2D eigenvalue weighted by Gasteiger charge is 2.31. The predicted molar refractivity (Wildman–Crippen MR) is 141 cm³/mol. The summed E-state index contributed by atoms with van der Waals surface area (Å²) in [5.41, 5.74) is 3.39. The van der Waals surface area contributed by atoms with Crippen molar-refractivity contribution < 1.29 is 18.6 Å². The van der Waals surface area contributed by atoms with Gasteiger partial charge in [-0.25, -0.2) is 8.78 Å². The van der Waals surface area contributed by atoms with Crippen LogP contribution in [0.2, 0.25) is 0 Å². The molecule has 0 aliphatic carbocycles. The van der Waals surface area contributed by atoms with Crippen LogP contribution in [0.4, 0.5) is 8.78 Å². The van der Waals surface area contributed by atoms with E-state index in [1.807, 2.05) is 42.5 Å². The molecule has 0 radical (unpaired) electrons. The Bertz CT molecular complexity index is 1420. The molecule has 6 rings (SSSR count). The second-order valence-corrected chi connectivity index (χ2v) is 10.6. The summed E-state index contributed by atoms with van der Waals surface area (Å²) in [6, 6.07) is 19.4. The van der Waals surface area contributed by atoms with Crippen LogP contribution in [0.5, 0.6) is 11.5 Å². The van der Waals surface area contributed by atoms with Gasteiger partial charge in [0.25, 0.3) is 0 Å². The lowest BCUT2D eigenvalue weighted by Gasteiger charge is -2.29. The molecule has 0 saturated carbocycles. The van der Waals surface area contributed by atoms with Crippen LogP contribution in [0.1, 0.15) is 35.6 Å². The molecule has 1 atom stereocenters. The van der Waals surface area contributed by atoms with Crippen molar-refractivity contribution in [3.05, 3.63) is 89.5 Å². The summed E-state index contributed by atoms with van der Waals surface area (Å²) in [4.78, 5) is 2.90. The first-order chi connectivity index (χ1) is 17.6. The third-order valence-corrected chi connectivity index (χ3v) is 8.54. The molecule has 36 heavy (non-hydrogen) atoms. The van der Waals surface area contributed by atoms with Crippen LogP contribution in [-0.2, 0) is 0 Å². The number of thioether (sulfide) groups is 1. The SMILES string of the molecule is Oc1ccc2c3c(ccc2c1)-c1cc(F)cc(F)c1SC3c1ccc(OCCN2CCCCC2)cc1. The zero-order valence-electron chi connectivity index (χ0n) is 19.8. The molecular weight excluding hydrogens is 476 g/mol. The summed E-state index contributed by atoms with van der Waals surface area (Å²) in [7, 11) is 0. The van der Waals surface area contributed by atoms with E-state index in [0.29, 0.717) is 17.1 Å². The van der Waals surface area contributed by atoms with Gasteiger partial charge in [0, 0.05) is 18.2 Å². The number of nitrogens with zero attached hydrogens (tertiary/aromatic N) is 1. The lowest BCUT2D eigenvalue weighted by Crippen LogP contribution is -2.33. The Balaban J connectivity index is 1.34. The number of hydrogen-bond acceptors (Lipinski definition) is 4. The number of phenolic OH excluding ortho intramolecular Hbond substituents is 1. The molecule has 6 heteroatoms. The van der Waals surface area contributed by atoms with Crippen molar-refractivity contribution in [1.82, 2.24) is 4.90 Å². The van der Waals surface area contributed by atoms with Gasteiger partial charge in [-0.05, 0) is 83.7 Å². The molecule has 0 aromatic heterocycles. The maximum atomic E-state index is 14.9. The molecule has 1 unspecified atom stereocenters. The Labute approximate surface area is 213 Å². The average Bonchev–Trinajstić information content (AvgIpc) is 2.89. The Morgan fingerprint density at radius 2 is 1.69 bits per heavy atom. The van der Waals surface area contributed by atoms with Gasteiger partial charge in [0.15, 0.2) is 0 Å². The first-order valence-electron chi connectivity index (χ1n) is 12.4. The second-order valence-electron chi connectivity index (χ2n) is 9.51. The fraction of sp³-hybridized carbons (Fsp3) is 0.267. The van der Waals surface area contributed by atoms with Crippen LogP contribution >= 0.6 is 11.8 Å². The maximum Gasteiger partial charge on any atom is 0.140 e. The van der Waals surface area contributed by atoms with Crippen molar-refractivity contribution in [3.63, 3.8) is 0 Å². The number of likely N-dealkylation sites (tertiary alicyclic amines) is 1. The smallest absolute Gasteiger partial charge is 0.140 e. The van der Waals surface area contributed by atoms with Crippen LogP contribution in [0.25, 0.3) is 21.9 Å². The highest BCUT2D eigenvalue weighted by Crippen LogP contribution is 2.55. The Morgan fingerprint density at radius 3 is 2.50 bits per heavy atom. The molecule has 1 saturated heterocycles. The Morgan fingerprint density at radius 1 is 0.889 bits per heavy atom. The largest absolute Gasteiger partial charge is 0.508 e. The first-order valence-corrected chi connectivity index (χ1v) is 13.3. The van der Waals surface area contributed by atoms with E-state index in [-0.39, 0.29) is 11.0 Å². The van der Waals surface area contributed by atoms with E-state index >= 15 is 0 Å². The van der Waals surface area contributed by atoms with Crippen LogP contribution in [0, 0.1) is 11.6 Å². The van der Waals surface area contributed by atoms with E-state index in [1.165, 1.54) is 37.1 Å². The van der Waals surface area contributed by atoms with E-state index in [2.05, 4.69) is 4.90 Å². The Kier molecular flexibility index (Phi) is 6.32. The van der Waals surface area contributed by atoms with Gasteiger partial charge in [0.1, 0.15) is 29.7 Å². The molecule has 4 aromatic rings. The van der Waals surface area contributed by atoms with Crippen molar-refractivity contribution in [2.75, 3.05) is 26.2 Å². The molecule has 4 aromatic carbocycles. The number of ether oxygens (including phenoxy) is 1. The van der Waals surface area contributed by atoms with Gasteiger partial charge >= 0.3 is 0 Å². The summed E-state index contributed by atoms with van der Waals surface area (Å²) < 4.78 is 35.1. The number of hydrogen-bond donors (Lipinski definition) is 1. The van der Waals surface area contributed by atoms with Crippen molar-refractivity contribution in [2.24, 2.45) is 0 Å². The normalized spacial score (nSPS) is 17.6. The van der Waals surface area contributed by atoms with Gasteiger partial charge in [-0.3, -0.25) is 4.90 Å². The van der Waals surface area contributed by atoms with Gasteiger partial charge in [-0.15, -0.1) is 11.8 Å². The summed E-state index contributed by atoms with van der Waals surface area (Å²) in [5, 5.41) is 11.7. The predicted octanol–water partition coefficient (Wildman–Crippen LogP) is 7.55. The van der Waals surface area contributed by atoms with Crippen LogP contribution in [0.15, 0.2) is 71.6 Å². The third-order valence-electron chi connectivity index (χ3n) is 7.15. The monoisotopic (exact) mass is 503 g/mol.